The minimum Gasteiger partial charge on any atom is -0.352 e. The van der Waals surface area contributed by atoms with Crippen molar-refractivity contribution < 1.29 is 13.2 Å². The molecule has 0 bridgehead atoms. The van der Waals surface area contributed by atoms with Gasteiger partial charge in [0.05, 0.1) is 35.0 Å². The van der Waals surface area contributed by atoms with Crippen LogP contribution in [0.1, 0.15) is 30.4 Å². The summed E-state index contributed by atoms with van der Waals surface area (Å²) in [7, 11) is -3.06. The zero-order valence-electron chi connectivity index (χ0n) is 19.8. The lowest BCUT2D eigenvalue weighted by atomic mass is 9.96. The van der Waals surface area contributed by atoms with E-state index in [0.29, 0.717) is 38.3 Å². The predicted molar refractivity (Wildman–Crippen MR) is 136 cm³/mol. The average Bonchev–Trinajstić information content (AvgIpc) is 3.20. The number of rotatable bonds is 5. The van der Waals surface area contributed by atoms with Crippen LogP contribution in [-0.4, -0.2) is 54.5 Å². The van der Waals surface area contributed by atoms with Crippen molar-refractivity contribution in [1.82, 2.24) is 14.9 Å². The Morgan fingerprint density at radius 1 is 1.11 bits per heavy atom. The van der Waals surface area contributed by atoms with Gasteiger partial charge in [0.15, 0.2) is 15.7 Å². The van der Waals surface area contributed by atoms with Crippen LogP contribution in [-0.2, 0) is 21.2 Å². The van der Waals surface area contributed by atoms with Crippen molar-refractivity contribution in [3.05, 3.63) is 70.0 Å². The highest BCUT2D eigenvalue weighted by atomic mass is 32.2. The largest absolute Gasteiger partial charge is 0.352 e. The fourth-order valence-corrected chi connectivity index (χ4v) is 6.70. The van der Waals surface area contributed by atoms with E-state index < -0.39 is 9.84 Å². The van der Waals surface area contributed by atoms with Crippen LogP contribution >= 0.6 is 0 Å². The monoisotopic (exact) mass is 494 g/mol. The number of hydrogen-bond donors (Lipinski definition) is 1. The highest BCUT2D eigenvalue weighted by Gasteiger charge is 2.33. The number of amides is 1. The lowest BCUT2D eigenvalue weighted by Gasteiger charge is -2.33. The van der Waals surface area contributed by atoms with Crippen LogP contribution < -0.4 is 15.8 Å². The highest BCUT2D eigenvalue weighted by molar-refractivity contribution is 7.91. The maximum atomic E-state index is 13.7. The maximum Gasteiger partial charge on any atom is 0.294 e. The lowest BCUT2D eigenvalue weighted by Crippen LogP contribution is -2.48. The maximum absolute atomic E-state index is 13.7. The molecule has 0 radical (unpaired) electrons. The van der Waals surface area contributed by atoms with E-state index in [1.54, 1.807) is 4.57 Å². The third-order valence-electron chi connectivity index (χ3n) is 6.97. The molecule has 2 saturated heterocycles. The van der Waals surface area contributed by atoms with Gasteiger partial charge >= 0.3 is 0 Å². The second-order valence-electron chi connectivity index (χ2n) is 9.69. The van der Waals surface area contributed by atoms with Gasteiger partial charge in [-0.3, -0.25) is 14.2 Å². The quantitative estimate of drug-likeness (QED) is 0.584. The smallest absolute Gasteiger partial charge is 0.294 e. The number of aryl methyl sites for hydroxylation is 1. The van der Waals surface area contributed by atoms with Gasteiger partial charge < -0.3 is 10.2 Å². The van der Waals surface area contributed by atoms with E-state index >= 15 is 0 Å². The van der Waals surface area contributed by atoms with Gasteiger partial charge in [0.25, 0.3) is 5.56 Å². The van der Waals surface area contributed by atoms with E-state index in [1.807, 2.05) is 60.4 Å². The summed E-state index contributed by atoms with van der Waals surface area (Å²) >= 11 is 0. The van der Waals surface area contributed by atoms with E-state index in [4.69, 9.17) is 4.98 Å². The molecule has 3 aromatic rings. The molecule has 2 atom stereocenters. The molecule has 1 aromatic heterocycles. The summed E-state index contributed by atoms with van der Waals surface area (Å²) < 4.78 is 25.3. The van der Waals surface area contributed by atoms with Crippen molar-refractivity contribution in [3.8, 4) is 0 Å². The zero-order chi connectivity index (χ0) is 24.6. The molecule has 0 saturated carbocycles. The molecule has 2 aliphatic rings. The Bertz CT molecular complexity index is 1420. The van der Waals surface area contributed by atoms with Gasteiger partial charge in [0.2, 0.25) is 5.91 Å². The standard InChI is InChI=1S/C26H30N4O4S/c1-18-8-10-19(11-9-18)15-30-23-7-3-2-6-22(23)28-24(26(30)32)29-13-4-5-20(16-29)25(31)27-21-12-14-35(33,34)17-21/h2-3,6-11,20-21H,4-5,12-17H2,1H3,(H,27,31)/t20-,21+/m1/s1. The average molecular weight is 495 g/mol. The van der Waals surface area contributed by atoms with Crippen LogP contribution in [0.5, 0.6) is 0 Å². The Kier molecular flexibility index (Phi) is 6.35. The molecule has 0 aliphatic carbocycles. The van der Waals surface area contributed by atoms with Gasteiger partial charge in [-0.1, -0.05) is 42.0 Å². The second kappa shape index (κ2) is 9.45. The Morgan fingerprint density at radius 2 is 1.89 bits per heavy atom. The zero-order valence-corrected chi connectivity index (χ0v) is 20.6. The first-order valence-corrected chi connectivity index (χ1v) is 13.9. The molecular weight excluding hydrogens is 464 g/mol. The third kappa shape index (κ3) is 5.10. The first kappa shape index (κ1) is 23.5. The molecular formula is C26H30N4O4S. The molecule has 184 valence electrons. The minimum atomic E-state index is -3.06. The summed E-state index contributed by atoms with van der Waals surface area (Å²) in [6, 6.07) is 15.4. The van der Waals surface area contributed by atoms with Crippen molar-refractivity contribution in [2.24, 2.45) is 5.92 Å². The fourth-order valence-electron chi connectivity index (χ4n) is 5.03. The Balaban J connectivity index is 1.41. The van der Waals surface area contributed by atoms with E-state index in [9.17, 15) is 18.0 Å². The summed E-state index contributed by atoms with van der Waals surface area (Å²) in [5, 5.41) is 2.92. The number of hydrogen-bond acceptors (Lipinski definition) is 6. The van der Waals surface area contributed by atoms with Gasteiger partial charge in [-0.2, -0.15) is 0 Å². The van der Waals surface area contributed by atoms with Gasteiger partial charge in [-0.05, 0) is 43.9 Å². The summed E-state index contributed by atoms with van der Waals surface area (Å²) in [6.07, 6.45) is 1.92. The third-order valence-corrected chi connectivity index (χ3v) is 8.74. The molecule has 2 aromatic carbocycles. The number of para-hydroxylation sites is 2. The normalized spacial score (nSPS) is 21.8. The van der Waals surface area contributed by atoms with E-state index in [-0.39, 0.29) is 34.9 Å². The van der Waals surface area contributed by atoms with Crippen LogP contribution in [0.2, 0.25) is 0 Å². The van der Waals surface area contributed by atoms with Crippen molar-refractivity contribution >= 4 is 32.6 Å². The molecule has 3 heterocycles. The number of carbonyl (C=O) groups is 1. The number of piperidine rings is 1. The molecule has 35 heavy (non-hydrogen) atoms. The number of anilines is 1. The molecule has 1 amide bonds. The highest BCUT2D eigenvalue weighted by Crippen LogP contribution is 2.23. The van der Waals surface area contributed by atoms with Crippen LogP contribution in [0.4, 0.5) is 5.82 Å². The summed E-state index contributed by atoms with van der Waals surface area (Å²) in [6.45, 7) is 3.50. The summed E-state index contributed by atoms with van der Waals surface area (Å²) in [5.74, 6) is 0.0288. The van der Waals surface area contributed by atoms with Crippen molar-refractivity contribution in [2.45, 2.75) is 38.8 Å². The number of benzene rings is 2. The minimum absolute atomic E-state index is 0.00508. The van der Waals surface area contributed by atoms with E-state index in [2.05, 4.69) is 5.32 Å². The fraction of sp³-hybridized carbons (Fsp3) is 0.423. The molecule has 5 rings (SSSR count). The summed E-state index contributed by atoms with van der Waals surface area (Å²) in [5.41, 5.74) is 3.52. The first-order chi connectivity index (χ1) is 16.8. The van der Waals surface area contributed by atoms with Gasteiger partial charge in [0.1, 0.15) is 0 Å². The molecule has 9 heteroatoms. The Hall–Kier alpha value is -3.20. The predicted octanol–water partition coefficient (Wildman–Crippen LogP) is 2.27. The van der Waals surface area contributed by atoms with Gasteiger partial charge in [-0.15, -0.1) is 0 Å². The number of aromatic nitrogens is 2. The number of nitrogens with one attached hydrogen (secondary N) is 1. The van der Waals surface area contributed by atoms with Crippen molar-refractivity contribution in [1.29, 1.82) is 0 Å². The molecule has 0 spiro atoms. The lowest BCUT2D eigenvalue weighted by molar-refractivity contribution is -0.125. The second-order valence-corrected chi connectivity index (χ2v) is 11.9. The van der Waals surface area contributed by atoms with Crippen molar-refractivity contribution in [3.63, 3.8) is 0 Å². The Morgan fingerprint density at radius 3 is 2.63 bits per heavy atom. The number of carbonyl (C=O) groups excluding carboxylic acids is 1. The van der Waals surface area contributed by atoms with Crippen LogP contribution in [0.25, 0.3) is 11.0 Å². The van der Waals surface area contributed by atoms with E-state index in [0.717, 1.165) is 28.6 Å². The SMILES string of the molecule is Cc1ccc(Cn2c(=O)c(N3CCC[C@@H](C(=O)N[C@H]4CCS(=O)(=O)C4)C3)nc3ccccc32)cc1. The number of fused-ring (bicyclic) bond motifs is 1. The number of sulfone groups is 1. The van der Waals surface area contributed by atoms with Gasteiger partial charge in [-0.25, -0.2) is 13.4 Å². The van der Waals surface area contributed by atoms with E-state index in [1.165, 1.54) is 0 Å². The molecule has 2 aliphatic heterocycles. The first-order valence-electron chi connectivity index (χ1n) is 12.1. The topological polar surface area (TPSA) is 101 Å². The molecule has 0 unspecified atom stereocenters. The molecule has 2 fully saturated rings. The van der Waals surface area contributed by atoms with Crippen molar-refractivity contribution in [2.75, 3.05) is 29.5 Å². The molecule has 8 nitrogen and oxygen atoms in total. The summed E-state index contributed by atoms with van der Waals surface area (Å²) in [4.78, 5) is 33.2. The molecule has 1 N–H and O–H groups in total. The van der Waals surface area contributed by atoms with Crippen LogP contribution in [0.3, 0.4) is 0 Å². The number of nitrogens with zero attached hydrogens (tertiary/aromatic N) is 3. The Labute approximate surface area is 204 Å². The van der Waals surface area contributed by atoms with Crippen LogP contribution in [0.15, 0.2) is 53.3 Å². The van der Waals surface area contributed by atoms with Gasteiger partial charge in [0, 0.05) is 19.1 Å². The van der Waals surface area contributed by atoms with Crippen LogP contribution in [0, 0.1) is 12.8 Å².